The van der Waals surface area contributed by atoms with Gasteiger partial charge in [-0.3, -0.25) is 10.1 Å². The summed E-state index contributed by atoms with van der Waals surface area (Å²) in [7, 11) is 0. The SMILES string of the molecule is CC(C)(O)CCNCc1cccc([N+](=O)[O-])c1. The van der Waals surface area contributed by atoms with E-state index in [2.05, 4.69) is 5.32 Å². The summed E-state index contributed by atoms with van der Waals surface area (Å²) in [6.45, 7) is 4.74. The van der Waals surface area contributed by atoms with Crippen LogP contribution in [0.2, 0.25) is 0 Å². The van der Waals surface area contributed by atoms with Crippen molar-refractivity contribution in [2.45, 2.75) is 32.4 Å². The van der Waals surface area contributed by atoms with Crippen LogP contribution in [0.25, 0.3) is 0 Å². The molecule has 2 N–H and O–H groups in total. The Labute approximate surface area is 101 Å². The molecule has 1 aromatic carbocycles. The highest BCUT2D eigenvalue weighted by Crippen LogP contribution is 2.13. The Bertz CT molecular complexity index is 386. The lowest BCUT2D eigenvalue weighted by molar-refractivity contribution is -0.384. The van der Waals surface area contributed by atoms with E-state index in [9.17, 15) is 15.2 Å². The molecular weight excluding hydrogens is 220 g/mol. The molecule has 0 spiro atoms. The zero-order valence-corrected chi connectivity index (χ0v) is 10.1. The number of nitro benzene ring substituents is 1. The minimum absolute atomic E-state index is 0.104. The molecule has 5 heteroatoms. The van der Waals surface area contributed by atoms with E-state index in [1.54, 1.807) is 26.0 Å². The molecule has 0 saturated carbocycles. The zero-order chi connectivity index (χ0) is 12.9. The van der Waals surface area contributed by atoms with Crippen LogP contribution in [0.4, 0.5) is 5.69 Å². The summed E-state index contributed by atoms with van der Waals surface area (Å²) in [6, 6.07) is 6.53. The van der Waals surface area contributed by atoms with Gasteiger partial charge in [0.15, 0.2) is 0 Å². The molecule has 0 aliphatic heterocycles. The second-order valence-electron chi connectivity index (χ2n) is 4.67. The quantitative estimate of drug-likeness (QED) is 0.450. The number of non-ortho nitro benzene ring substituents is 1. The lowest BCUT2D eigenvalue weighted by Crippen LogP contribution is -2.26. The van der Waals surface area contributed by atoms with E-state index in [1.165, 1.54) is 6.07 Å². The van der Waals surface area contributed by atoms with Crippen LogP contribution in [0.5, 0.6) is 0 Å². The highest BCUT2D eigenvalue weighted by molar-refractivity contribution is 5.34. The van der Waals surface area contributed by atoms with Crippen LogP contribution in [0.3, 0.4) is 0 Å². The van der Waals surface area contributed by atoms with Gasteiger partial charge in [-0.2, -0.15) is 0 Å². The van der Waals surface area contributed by atoms with Gasteiger partial charge in [0.1, 0.15) is 0 Å². The van der Waals surface area contributed by atoms with Gasteiger partial charge in [-0.15, -0.1) is 0 Å². The predicted molar refractivity (Wildman–Crippen MR) is 65.7 cm³/mol. The van der Waals surface area contributed by atoms with Gasteiger partial charge in [0.05, 0.1) is 10.5 Å². The van der Waals surface area contributed by atoms with Crippen molar-refractivity contribution in [3.05, 3.63) is 39.9 Å². The second kappa shape index (κ2) is 5.75. The third-order valence-corrected chi connectivity index (χ3v) is 2.36. The van der Waals surface area contributed by atoms with Crippen molar-refractivity contribution < 1.29 is 10.0 Å². The number of aliphatic hydroxyl groups is 1. The average molecular weight is 238 g/mol. The highest BCUT2D eigenvalue weighted by Gasteiger charge is 2.11. The summed E-state index contributed by atoms with van der Waals surface area (Å²) in [5.74, 6) is 0. The van der Waals surface area contributed by atoms with E-state index < -0.39 is 10.5 Å². The summed E-state index contributed by atoms with van der Waals surface area (Å²) in [5, 5.41) is 23.2. The van der Waals surface area contributed by atoms with Gasteiger partial charge in [-0.25, -0.2) is 0 Å². The van der Waals surface area contributed by atoms with Crippen LogP contribution in [-0.4, -0.2) is 22.2 Å². The largest absolute Gasteiger partial charge is 0.390 e. The third-order valence-electron chi connectivity index (χ3n) is 2.36. The van der Waals surface area contributed by atoms with E-state index in [4.69, 9.17) is 0 Å². The number of nitrogens with zero attached hydrogens (tertiary/aromatic N) is 1. The topological polar surface area (TPSA) is 75.4 Å². The van der Waals surface area contributed by atoms with E-state index >= 15 is 0 Å². The van der Waals surface area contributed by atoms with E-state index in [0.29, 0.717) is 19.5 Å². The second-order valence-corrected chi connectivity index (χ2v) is 4.67. The average Bonchev–Trinajstić information content (AvgIpc) is 2.23. The van der Waals surface area contributed by atoms with Gasteiger partial charge in [0, 0.05) is 18.7 Å². The predicted octanol–water partition coefficient (Wildman–Crippen LogP) is 1.85. The molecule has 0 fully saturated rings. The first kappa shape index (κ1) is 13.6. The molecule has 17 heavy (non-hydrogen) atoms. The number of nitrogens with one attached hydrogen (secondary N) is 1. The number of hydrogen-bond acceptors (Lipinski definition) is 4. The summed E-state index contributed by atoms with van der Waals surface area (Å²) >= 11 is 0. The summed E-state index contributed by atoms with van der Waals surface area (Å²) in [5.41, 5.74) is 0.289. The van der Waals surface area contributed by atoms with Crippen LogP contribution in [0, 0.1) is 10.1 Å². The molecule has 0 unspecified atom stereocenters. The van der Waals surface area contributed by atoms with Gasteiger partial charge in [-0.05, 0) is 32.4 Å². The molecule has 0 aliphatic carbocycles. The highest BCUT2D eigenvalue weighted by atomic mass is 16.6. The number of rotatable bonds is 6. The van der Waals surface area contributed by atoms with Crippen molar-refractivity contribution >= 4 is 5.69 Å². The van der Waals surface area contributed by atoms with E-state index in [-0.39, 0.29) is 5.69 Å². The molecule has 94 valence electrons. The van der Waals surface area contributed by atoms with Crippen LogP contribution >= 0.6 is 0 Å². The Kier molecular flexibility index (Phi) is 4.60. The lowest BCUT2D eigenvalue weighted by atomic mass is 10.1. The Hall–Kier alpha value is -1.46. The molecule has 0 radical (unpaired) electrons. The smallest absolute Gasteiger partial charge is 0.269 e. The molecule has 0 aromatic heterocycles. The third kappa shape index (κ3) is 5.42. The molecule has 0 bridgehead atoms. The fourth-order valence-corrected chi connectivity index (χ4v) is 1.41. The van der Waals surface area contributed by atoms with Crippen molar-refractivity contribution in [3.63, 3.8) is 0 Å². The molecule has 1 aromatic rings. The summed E-state index contributed by atoms with van der Waals surface area (Å²) < 4.78 is 0. The van der Waals surface area contributed by atoms with E-state index in [1.807, 2.05) is 6.07 Å². The minimum Gasteiger partial charge on any atom is -0.390 e. The minimum atomic E-state index is -0.685. The maximum Gasteiger partial charge on any atom is 0.269 e. The maximum atomic E-state index is 10.6. The molecular formula is C12H18N2O3. The normalized spacial score (nSPS) is 11.5. The van der Waals surface area contributed by atoms with E-state index in [0.717, 1.165) is 5.56 Å². The fraction of sp³-hybridized carbons (Fsp3) is 0.500. The zero-order valence-electron chi connectivity index (χ0n) is 10.1. The molecule has 0 aliphatic rings. The molecule has 0 amide bonds. The van der Waals surface area contributed by atoms with Gasteiger partial charge < -0.3 is 10.4 Å². The summed E-state index contributed by atoms with van der Waals surface area (Å²) in [4.78, 5) is 10.2. The van der Waals surface area contributed by atoms with Gasteiger partial charge >= 0.3 is 0 Å². The van der Waals surface area contributed by atoms with Crippen LogP contribution < -0.4 is 5.32 Å². The first-order valence-corrected chi connectivity index (χ1v) is 5.55. The Morgan fingerprint density at radius 1 is 1.47 bits per heavy atom. The maximum absolute atomic E-state index is 10.6. The molecule has 5 nitrogen and oxygen atoms in total. The van der Waals surface area contributed by atoms with Crippen LogP contribution in [0.1, 0.15) is 25.8 Å². The molecule has 0 heterocycles. The van der Waals surface area contributed by atoms with Crippen LogP contribution in [-0.2, 0) is 6.54 Å². The van der Waals surface area contributed by atoms with Gasteiger partial charge in [0.25, 0.3) is 5.69 Å². The van der Waals surface area contributed by atoms with Gasteiger partial charge in [-0.1, -0.05) is 12.1 Å². The number of benzene rings is 1. The molecule has 0 saturated heterocycles. The Morgan fingerprint density at radius 2 is 2.18 bits per heavy atom. The number of nitro groups is 1. The monoisotopic (exact) mass is 238 g/mol. The van der Waals surface area contributed by atoms with Crippen molar-refractivity contribution in [2.24, 2.45) is 0 Å². The van der Waals surface area contributed by atoms with Crippen molar-refractivity contribution in [3.8, 4) is 0 Å². The first-order chi connectivity index (χ1) is 7.88. The van der Waals surface area contributed by atoms with Crippen molar-refractivity contribution in [1.82, 2.24) is 5.32 Å². The molecule has 0 atom stereocenters. The molecule has 1 rings (SSSR count). The van der Waals surface area contributed by atoms with Gasteiger partial charge in [0.2, 0.25) is 0 Å². The Balaban J connectivity index is 2.42. The number of hydrogen-bond donors (Lipinski definition) is 2. The summed E-state index contributed by atoms with van der Waals surface area (Å²) in [6.07, 6.45) is 0.641. The fourth-order valence-electron chi connectivity index (χ4n) is 1.41. The van der Waals surface area contributed by atoms with Crippen LogP contribution in [0.15, 0.2) is 24.3 Å². The standard InChI is InChI=1S/C12H18N2O3/c1-12(2,15)6-7-13-9-10-4-3-5-11(8-10)14(16)17/h3-5,8,13,15H,6-7,9H2,1-2H3. The Morgan fingerprint density at radius 3 is 2.76 bits per heavy atom. The van der Waals surface area contributed by atoms with Crippen molar-refractivity contribution in [2.75, 3.05) is 6.54 Å². The van der Waals surface area contributed by atoms with Crippen molar-refractivity contribution in [1.29, 1.82) is 0 Å². The first-order valence-electron chi connectivity index (χ1n) is 5.55. The lowest BCUT2D eigenvalue weighted by Gasteiger charge is -2.16.